The van der Waals surface area contributed by atoms with Crippen LogP contribution in [0.2, 0.25) is 0 Å². The van der Waals surface area contributed by atoms with Crippen LogP contribution in [0.15, 0.2) is 59.2 Å². The van der Waals surface area contributed by atoms with Gasteiger partial charge in [0.05, 0.1) is 23.9 Å². The molecule has 1 aliphatic carbocycles. The fourth-order valence-corrected chi connectivity index (χ4v) is 4.23. The van der Waals surface area contributed by atoms with E-state index in [4.69, 9.17) is 4.42 Å². The Morgan fingerprint density at radius 2 is 1.80 bits per heavy atom. The highest BCUT2D eigenvalue weighted by molar-refractivity contribution is 6.22. The Bertz CT molecular complexity index is 1160. The third-order valence-corrected chi connectivity index (χ3v) is 5.77. The van der Waals surface area contributed by atoms with E-state index in [1.807, 2.05) is 12.1 Å². The molecule has 1 N–H and O–H groups in total. The van der Waals surface area contributed by atoms with Gasteiger partial charge in [-0.05, 0) is 73.2 Å². The number of benzene rings is 2. The quantitative estimate of drug-likeness (QED) is 0.666. The van der Waals surface area contributed by atoms with E-state index >= 15 is 0 Å². The Hall–Kier alpha value is -3.67. The van der Waals surface area contributed by atoms with Crippen LogP contribution in [0.1, 0.15) is 60.8 Å². The van der Waals surface area contributed by atoms with Gasteiger partial charge in [0.25, 0.3) is 17.7 Å². The molecule has 1 aliphatic heterocycles. The second-order valence-corrected chi connectivity index (χ2v) is 7.64. The van der Waals surface area contributed by atoms with Gasteiger partial charge in [0.15, 0.2) is 0 Å². The summed E-state index contributed by atoms with van der Waals surface area (Å²) in [5.41, 5.74) is 4.19. The zero-order chi connectivity index (χ0) is 20.7. The Morgan fingerprint density at radius 3 is 2.63 bits per heavy atom. The lowest BCUT2D eigenvalue weighted by atomic mass is 9.90. The number of aryl methyl sites for hydroxylation is 1. The SMILES string of the molecule is O=C(Nc1cccc2c1CCCC2)c1ccc2c(c1)C(=O)N(Cc1ccco1)C2=O. The number of amides is 3. The number of carbonyl (C=O) groups is 3. The highest BCUT2D eigenvalue weighted by Gasteiger charge is 2.36. The summed E-state index contributed by atoms with van der Waals surface area (Å²) in [7, 11) is 0. The minimum atomic E-state index is -0.418. The Morgan fingerprint density at radius 1 is 0.967 bits per heavy atom. The number of rotatable bonds is 4. The van der Waals surface area contributed by atoms with Crippen LogP contribution < -0.4 is 5.32 Å². The first-order valence-electron chi connectivity index (χ1n) is 10.1. The highest BCUT2D eigenvalue weighted by Crippen LogP contribution is 2.29. The van der Waals surface area contributed by atoms with E-state index in [9.17, 15) is 14.4 Å². The molecule has 3 aromatic rings. The van der Waals surface area contributed by atoms with Crippen LogP contribution in [0.4, 0.5) is 5.69 Å². The van der Waals surface area contributed by atoms with Gasteiger partial charge in [-0.1, -0.05) is 12.1 Å². The lowest BCUT2D eigenvalue weighted by molar-refractivity contribution is 0.0631. The molecule has 0 spiro atoms. The van der Waals surface area contributed by atoms with E-state index in [-0.39, 0.29) is 23.9 Å². The first kappa shape index (κ1) is 18.4. The van der Waals surface area contributed by atoms with Crippen LogP contribution in [0.5, 0.6) is 0 Å². The summed E-state index contributed by atoms with van der Waals surface area (Å²) >= 11 is 0. The van der Waals surface area contributed by atoms with Gasteiger partial charge < -0.3 is 9.73 Å². The topological polar surface area (TPSA) is 79.6 Å². The van der Waals surface area contributed by atoms with Crippen molar-refractivity contribution in [2.45, 2.75) is 32.2 Å². The summed E-state index contributed by atoms with van der Waals surface area (Å²) in [6, 6.07) is 14.0. The normalized spacial score (nSPS) is 15.1. The molecule has 2 aromatic carbocycles. The van der Waals surface area contributed by atoms with Crippen LogP contribution in [-0.4, -0.2) is 22.6 Å². The van der Waals surface area contributed by atoms with Gasteiger partial charge in [0.2, 0.25) is 0 Å². The fraction of sp³-hybridized carbons (Fsp3) is 0.208. The van der Waals surface area contributed by atoms with Gasteiger partial charge in [-0.15, -0.1) is 0 Å². The molecule has 0 fully saturated rings. The van der Waals surface area contributed by atoms with Crippen molar-refractivity contribution in [3.8, 4) is 0 Å². The molecule has 0 bridgehead atoms. The average Bonchev–Trinajstić information content (AvgIpc) is 3.37. The molecule has 6 nitrogen and oxygen atoms in total. The monoisotopic (exact) mass is 400 g/mol. The van der Waals surface area contributed by atoms with Gasteiger partial charge in [0.1, 0.15) is 5.76 Å². The van der Waals surface area contributed by atoms with E-state index in [1.54, 1.807) is 24.3 Å². The van der Waals surface area contributed by atoms with E-state index in [0.717, 1.165) is 29.8 Å². The van der Waals surface area contributed by atoms with Gasteiger partial charge in [-0.2, -0.15) is 0 Å². The van der Waals surface area contributed by atoms with Crippen molar-refractivity contribution in [2.75, 3.05) is 5.32 Å². The zero-order valence-corrected chi connectivity index (χ0v) is 16.3. The van der Waals surface area contributed by atoms with Gasteiger partial charge >= 0.3 is 0 Å². The molecule has 0 saturated carbocycles. The number of nitrogens with zero attached hydrogens (tertiary/aromatic N) is 1. The molecule has 0 radical (unpaired) electrons. The van der Waals surface area contributed by atoms with Crippen molar-refractivity contribution in [1.82, 2.24) is 4.90 Å². The maximum absolute atomic E-state index is 12.9. The second kappa shape index (κ2) is 7.30. The maximum Gasteiger partial charge on any atom is 0.261 e. The van der Waals surface area contributed by atoms with Crippen molar-refractivity contribution in [2.24, 2.45) is 0 Å². The molecule has 2 heterocycles. The van der Waals surface area contributed by atoms with E-state index in [0.29, 0.717) is 16.9 Å². The molecule has 1 aromatic heterocycles. The van der Waals surface area contributed by atoms with Crippen molar-refractivity contribution >= 4 is 23.4 Å². The van der Waals surface area contributed by atoms with Crippen molar-refractivity contribution < 1.29 is 18.8 Å². The third-order valence-electron chi connectivity index (χ3n) is 5.77. The molecular formula is C24H20N2O4. The van der Waals surface area contributed by atoms with Crippen molar-refractivity contribution in [3.05, 3.63) is 88.4 Å². The van der Waals surface area contributed by atoms with Gasteiger partial charge in [-0.3, -0.25) is 19.3 Å². The van der Waals surface area contributed by atoms with E-state index in [2.05, 4.69) is 11.4 Å². The minimum Gasteiger partial charge on any atom is -0.467 e. The number of carbonyl (C=O) groups excluding carboxylic acids is 3. The van der Waals surface area contributed by atoms with Crippen LogP contribution in [0, 0.1) is 0 Å². The number of hydrogen-bond acceptors (Lipinski definition) is 4. The molecule has 150 valence electrons. The lowest BCUT2D eigenvalue weighted by Crippen LogP contribution is -2.28. The third kappa shape index (κ3) is 3.10. The lowest BCUT2D eigenvalue weighted by Gasteiger charge is -2.19. The number of imide groups is 1. The standard InChI is InChI=1S/C24H20N2O4/c27-22(25-21-9-3-6-15-5-1-2-8-18(15)21)16-10-11-19-20(13-16)24(29)26(23(19)28)14-17-7-4-12-30-17/h3-4,6-7,9-13H,1-2,5,8,14H2,(H,25,27). The smallest absolute Gasteiger partial charge is 0.261 e. The summed E-state index contributed by atoms with van der Waals surface area (Å²) < 4.78 is 5.25. The summed E-state index contributed by atoms with van der Waals surface area (Å²) in [6.07, 6.45) is 5.75. The molecule has 3 amide bonds. The van der Waals surface area contributed by atoms with Gasteiger partial charge in [0, 0.05) is 11.3 Å². The Balaban J connectivity index is 1.39. The molecule has 2 aliphatic rings. The fourth-order valence-electron chi connectivity index (χ4n) is 4.23. The number of anilines is 1. The average molecular weight is 400 g/mol. The summed E-state index contributed by atoms with van der Waals surface area (Å²) in [4.78, 5) is 39.4. The Labute approximate surface area is 173 Å². The van der Waals surface area contributed by atoms with Crippen LogP contribution in [-0.2, 0) is 19.4 Å². The number of fused-ring (bicyclic) bond motifs is 2. The maximum atomic E-state index is 12.9. The first-order valence-corrected chi connectivity index (χ1v) is 10.1. The molecule has 5 rings (SSSR count). The van der Waals surface area contributed by atoms with E-state index < -0.39 is 5.91 Å². The van der Waals surface area contributed by atoms with Crippen LogP contribution >= 0.6 is 0 Å². The highest BCUT2D eigenvalue weighted by atomic mass is 16.3. The van der Waals surface area contributed by atoms with Crippen LogP contribution in [0.25, 0.3) is 0 Å². The second-order valence-electron chi connectivity index (χ2n) is 7.64. The molecule has 0 atom stereocenters. The molecule has 30 heavy (non-hydrogen) atoms. The summed E-state index contributed by atoms with van der Waals surface area (Å²) in [5, 5.41) is 2.99. The first-order chi connectivity index (χ1) is 14.6. The molecular weight excluding hydrogens is 380 g/mol. The predicted octanol–water partition coefficient (Wildman–Crippen LogP) is 4.21. The predicted molar refractivity (Wildman–Crippen MR) is 110 cm³/mol. The molecule has 0 unspecified atom stereocenters. The number of hydrogen-bond donors (Lipinski definition) is 1. The largest absolute Gasteiger partial charge is 0.467 e. The van der Waals surface area contributed by atoms with Crippen molar-refractivity contribution in [3.63, 3.8) is 0 Å². The van der Waals surface area contributed by atoms with Gasteiger partial charge in [-0.25, -0.2) is 0 Å². The minimum absolute atomic E-state index is 0.0665. The summed E-state index contributed by atoms with van der Waals surface area (Å²) in [5.74, 6) is -0.563. The Kier molecular flexibility index (Phi) is 4.47. The molecule has 6 heteroatoms. The van der Waals surface area contributed by atoms with E-state index in [1.165, 1.54) is 29.9 Å². The summed E-state index contributed by atoms with van der Waals surface area (Å²) in [6.45, 7) is 0.0665. The molecule has 0 saturated heterocycles. The van der Waals surface area contributed by atoms with Crippen LogP contribution in [0.3, 0.4) is 0 Å². The van der Waals surface area contributed by atoms with Crippen molar-refractivity contribution in [1.29, 1.82) is 0 Å². The zero-order valence-electron chi connectivity index (χ0n) is 16.3. The number of nitrogens with one attached hydrogen (secondary N) is 1. The number of furan rings is 1.